The molecule has 0 atom stereocenters. The average molecular weight is 461 g/mol. The summed E-state index contributed by atoms with van der Waals surface area (Å²) in [5.74, 6) is 0.466. The number of amides is 1. The number of pyridine rings is 1. The predicted molar refractivity (Wildman–Crippen MR) is 129 cm³/mol. The highest BCUT2D eigenvalue weighted by Crippen LogP contribution is 2.31. The standard InChI is InChI=1S/C27H25FN2O4/c1-17-5-4-6-19(11-17)27(32)30(15-18-7-9-22(28)10-8-18)16-21-12-20-13-24(33-2)25(34-3)14-23(20)29-26(21)31/h4-14H,15-16H2,1-3H3,(H,29,31). The van der Waals surface area contributed by atoms with Gasteiger partial charge in [-0.3, -0.25) is 9.59 Å². The smallest absolute Gasteiger partial charge is 0.254 e. The molecule has 3 aromatic carbocycles. The van der Waals surface area contributed by atoms with Crippen molar-refractivity contribution < 1.29 is 18.7 Å². The van der Waals surface area contributed by atoms with Crippen LogP contribution in [0.1, 0.15) is 27.0 Å². The number of methoxy groups -OCH3 is 2. The Labute approximate surface area is 196 Å². The van der Waals surface area contributed by atoms with Crippen LogP contribution in [0.3, 0.4) is 0 Å². The Morgan fingerprint density at radius 3 is 2.32 bits per heavy atom. The van der Waals surface area contributed by atoms with Gasteiger partial charge in [0.2, 0.25) is 0 Å². The molecule has 0 unspecified atom stereocenters. The van der Waals surface area contributed by atoms with E-state index in [1.807, 2.05) is 25.1 Å². The molecule has 1 aromatic heterocycles. The molecule has 34 heavy (non-hydrogen) atoms. The summed E-state index contributed by atoms with van der Waals surface area (Å²) in [5.41, 5.74) is 2.94. The maximum atomic E-state index is 13.4. The number of hydrogen-bond donors (Lipinski definition) is 1. The number of halogens is 1. The van der Waals surface area contributed by atoms with Crippen LogP contribution in [0, 0.1) is 12.7 Å². The number of aryl methyl sites for hydroxylation is 1. The Kier molecular flexibility index (Phi) is 6.63. The largest absolute Gasteiger partial charge is 0.493 e. The van der Waals surface area contributed by atoms with E-state index in [1.54, 1.807) is 48.4 Å². The molecule has 0 saturated heterocycles. The van der Waals surface area contributed by atoms with E-state index in [0.29, 0.717) is 28.1 Å². The molecule has 1 amide bonds. The molecule has 0 saturated carbocycles. The predicted octanol–water partition coefficient (Wildman–Crippen LogP) is 4.84. The van der Waals surface area contributed by atoms with Crippen molar-refractivity contribution in [1.29, 1.82) is 0 Å². The molecule has 0 radical (unpaired) electrons. The molecule has 0 aliphatic heterocycles. The van der Waals surface area contributed by atoms with Gasteiger partial charge in [-0.05, 0) is 48.9 Å². The molecule has 4 rings (SSSR count). The van der Waals surface area contributed by atoms with Crippen LogP contribution in [0.15, 0.2) is 71.5 Å². The fraction of sp³-hybridized carbons (Fsp3) is 0.185. The third kappa shape index (κ3) is 4.93. The Bertz CT molecular complexity index is 1400. The molecule has 0 bridgehead atoms. The number of H-pyrrole nitrogens is 1. The van der Waals surface area contributed by atoms with E-state index in [4.69, 9.17) is 9.47 Å². The third-order valence-corrected chi connectivity index (χ3v) is 5.63. The molecular weight excluding hydrogens is 435 g/mol. The highest BCUT2D eigenvalue weighted by Gasteiger charge is 2.19. The molecule has 174 valence electrons. The summed E-state index contributed by atoms with van der Waals surface area (Å²) in [4.78, 5) is 30.8. The highest BCUT2D eigenvalue weighted by molar-refractivity contribution is 5.94. The minimum Gasteiger partial charge on any atom is -0.493 e. The Morgan fingerprint density at radius 1 is 0.941 bits per heavy atom. The second-order valence-electron chi connectivity index (χ2n) is 8.08. The first-order chi connectivity index (χ1) is 16.4. The summed E-state index contributed by atoms with van der Waals surface area (Å²) in [5, 5.41) is 0.747. The van der Waals surface area contributed by atoms with Crippen LogP contribution in [-0.4, -0.2) is 30.0 Å². The van der Waals surface area contributed by atoms with Gasteiger partial charge >= 0.3 is 0 Å². The topological polar surface area (TPSA) is 71.6 Å². The lowest BCUT2D eigenvalue weighted by atomic mass is 10.1. The monoisotopic (exact) mass is 460 g/mol. The SMILES string of the molecule is COc1cc2cc(CN(Cc3ccc(F)cc3)C(=O)c3cccc(C)c3)c(=O)[nH]c2cc1OC. The molecule has 0 aliphatic rings. The second-order valence-corrected chi connectivity index (χ2v) is 8.08. The summed E-state index contributed by atoms with van der Waals surface area (Å²) in [6.07, 6.45) is 0. The van der Waals surface area contributed by atoms with Gasteiger partial charge in [0.15, 0.2) is 11.5 Å². The van der Waals surface area contributed by atoms with Gasteiger partial charge in [-0.2, -0.15) is 0 Å². The lowest BCUT2D eigenvalue weighted by Crippen LogP contribution is -2.32. The average Bonchev–Trinajstić information content (AvgIpc) is 2.84. The third-order valence-electron chi connectivity index (χ3n) is 5.63. The molecule has 1 heterocycles. The second kappa shape index (κ2) is 9.79. The van der Waals surface area contributed by atoms with Gasteiger partial charge in [0, 0.05) is 29.1 Å². The van der Waals surface area contributed by atoms with Crippen LogP contribution in [0.5, 0.6) is 11.5 Å². The zero-order chi connectivity index (χ0) is 24.2. The normalized spacial score (nSPS) is 10.8. The van der Waals surface area contributed by atoms with E-state index >= 15 is 0 Å². The van der Waals surface area contributed by atoms with Crippen LogP contribution in [-0.2, 0) is 13.1 Å². The Hall–Kier alpha value is -4.13. The summed E-state index contributed by atoms with van der Waals surface area (Å²) in [6.45, 7) is 2.21. The number of benzene rings is 3. The number of fused-ring (bicyclic) bond motifs is 1. The first kappa shape index (κ1) is 23.0. The van der Waals surface area contributed by atoms with Gasteiger partial charge in [-0.25, -0.2) is 4.39 Å². The minimum absolute atomic E-state index is 0.0732. The lowest BCUT2D eigenvalue weighted by Gasteiger charge is -2.23. The molecule has 1 N–H and O–H groups in total. The maximum absolute atomic E-state index is 13.4. The van der Waals surface area contributed by atoms with Gasteiger partial charge < -0.3 is 19.4 Å². The van der Waals surface area contributed by atoms with Crippen molar-refractivity contribution in [1.82, 2.24) is 9.88 Å². The van der Waals surface area contributed by atoms with Gasteiger partial charge in [0.25, 0.3) is 11.5 Å². The highest BCUT2D eigenvalue weighted by atomic mass is 19.1. The van der Waals surface area contributed by atoms with Gasteiger partial charge in [-0.15, -0.1) is 0 Å². The zero-order valence-electron chi connectivity index (χ0n) is 19.2. The lowest BCUT2D eigenvalue weighted by molar-refractivity contribution is 0.0729. The number of hydrogen-bond acceptors (Lipinski definition) is 4. The van der Waals surface area contributed by atoms with Crippen LogP contribution >= 0.6 is 0 Å². The van der Waals surface area contributed by atoms with Crippen LogP contribution in [0.2, 0.25) is 0 Å². The van der Waals surface area contributed by atoms with Gasteiger partial charge in [0.05, 0.1) is 26.3 Å². The summed E-state index contributed by atoms with van der Waals surface area (Å²) < 4.78 is 24.1. The number of rotatable bonds is 7. The van der Waals surface area contributed by atoms with Crippen molar-refractivity contribution in [2.24, 2.45) is 0 Å². The van der Waals surface area contributed by atoms with E-state index < -0.39 is 0 Å². The molecule has 6 nitrogen and oxygen atoms in total. The van der Waals surface area contributed by atoms with Gasteiger partial charge in [0.1, 0.15) is 5.82 Å². The van der Waals surface area contributed by atoms with E-state index in [2.05, 4.69) is 4.98 Å². The summed E-state index contributed by atoms with van der Waals surface area (Å²) >= 11 is 0. The molecule has 0 fully saturated rings. The minimum atomic E-state index is -0.351. The van der Waals surface area contributed by atoms with Crippen molar-refractivity contribution in [2.45, 2.75) is 20.0 Å². The number of nitrogens with one attached hydrogen (secondary N) is 1. The number of carbonyl (C=O) groups excluding carboxylic acids is 1. The first-order valence-corrected chi connectivity index (χ1v) is 10.8. The molecule has 7 heteroatoms. The molecular formula is C27H25FN2O4. The fourth-order valence-corrected chi connectivity index (χ4v) is 3.87. The van der Waals surface area contributed by atoms with Crippen LogP contribution in [0.25, 0.3) is 10.9 Å². The molecule has 0 spiro atoms. The zero-order valence-corrected chi connectivity index (χ0v) is 19.2. The Balaban J connectivity index is 1.73. The van der Waals surface area contributed by atoms with Crippen LogP contribution in [0.4, 0.5) is 4.39 Å². The molecule has 4 aromatic rings. The van der Waals surface area contributed by atoms with Crippen molar-refractivity contribution in [3.05, 3.63) is 105 Å². The number of aromatic amines is 1. The Morgan fingerprint density at radius 2 is 1.65 bits per heavy atom. The van der Waals surface area contributed by atoms with E-state index in [1.165, 1.54) is 19.2 Å². The number of aromatic nitrogens is 1. The van der Waals surface area contributed by atoms with Crippen molar-refractivity contribution >= 4 is 16.8 Å². The maximum Gasteiger partial charge on any atom is 0.254 e. The number of ether oxygens (including phenoxy) is 2. The summed E-state index contributed by atoms with van der Waals surface area (Å²) in [7, 11) is 3.07. The van der Waals surface area contributed by atoms with E-state index in [-0.39, 0.29) is 30.4 Å². The number of carbonyl (C=O) groups is 1. The summed E-state index contributed by atoms with van der Waals surface area (Å²) in [6, 6.07) is 18.5. The van der Waals surface area contributed by atoms with E-state index in [0.717, 1.165) is 16.5 Å². The van der Waals surface area contributed by atoms with Gasteiger partial charge in [-0.1, -0.05) is 29.8 Å². The number of nitrogens with zero attached hydrogens (tertiary/aromatic N) is 1. The van der Waals surface area contributed by atoms with Crippen LogP contribution < -0.4 is 15.0 Å². The van der Waals surface area contributed by atoms with Crippen molar-refractivity contribution in [3.8, 4) is 11.5 Å². The first-order valence-electron chi connectivity index (χ1n) is 10.8. The fourth-order valence-electron chi connectivity index (χ4n) is 3.87. The molecule has 0 aliphatic carbocycles. The quantitative estimate of drug-likeness (QED) is 0.429. The van der Waals surface area contributed by atoms with Crippen molar-refractivity contribution in [2.75, 3.05) is 14.2 Å². The van der Waals surface area contributed by atoms with Crippen molar-refractivity contribution in [3.63, 3.8) is 0 Å². The van der Waals surface area contributed by atoms with E-state index in [9.17, 15) is 14.0 Å².